The topological polar surface area (TPSA) is 133 Å². The molecule has 27 heavy (non-hydrogen) atoms. The van der Waals surface area contributed by atoms with E-state index in [1.165, 1.54) is 0 Å². The second kappa shape index (κ2) is 8.12. The number of amides is 4. The first-order valence-corrected chi connectivity index (χ1v) is 9.89. The summed E-state index contributed by atoms with van der Waals surface area (Å²) in [6.07, 6.45) is 3.54. The first-order valence-electron chi connectivity index (χ1n) is 8.84. The highest BCUT2D eigenvalue weighted by Crippen LogP contribution is 2.33. The van der Waals surface area contributed by atoms with Gasteiger partial charge in [0, 0.05) is 36.1 Å². The maximum absolute atomic E-state index is 12.3. The number of ketones is 1. The van der Waals surface area contributed by atoms with Crippen molar-refractivity contribution in [2.45, 2.75) is 43.0 Å². The number of fused-ring (bicyclic) bond motifs is 1. The third-order valence-electron chi connectivity index (χ3n) is 5.09. The summed E-state index contributed by atoms with van der Waals surface area (Å²) in [5.74, 6) is -2.97. The number of urea groups is 1. The van der Waals surface area contributed by atoms with Gasteiger partial charge >= 0.3 is 12.0 Å². The highest BCUT2D eigenvalue weighted by Gasteiger charge is 2.42. The summed E-state index contributed by atoms with van der Waals surface area (Å²) in [7, 11) is 0. The number of aliphatic carboxylic acids is 1. The van der Waals surface area contributed by atoms with E-state index in [1.807, 2.05) is 0 Å². The first kappa shape index (κ1) is 19.4. The number of carbonyl (C=O) groups is 5. The molecule has 0 bridgehead atoms. The Labute approximate surface area is 159 Å². The Morgan fingerprint density at radius 1 is 1.22 bits per heavy atom. The zero-order valence-electron chi connectivity index (χ0n) is 14.6. The zero-order chi connectivity index (χ0) is 19.6. The molecule has 3 aliphatic rings. The Hall–Kier alpha value is -2.36. The van der Waals surface area contributed by atoms with Crippen molar-refractivity contribution in [2.75, 3.05) is 12.3 Å². The van der Waals surface area contributed by atoms with Crippen LogP contribution in [0.3, 0.4) is 0 Å². The molecule has 0 aliphatic carbocycles. The van der Waals surface area contributed by atoms with Crippen LogP contribution >= 0.6 is 11.8 Å². The van der Waals surface area contributed by atoms with Gasteiger partial charge in [0.15, 0.2) is 0 Å². The number of Topliss-reactive ketones (excluding diaryl/α,β-unsaturated/α-hetero) is 1. The molecule has 4 amide bonds. The lowest BCUT2D eigenvalue weighted by Crippen LogP contribution is -2.37. The maximum Gasteiger partial charge on any atom is 0.315 e. The lowest BCUT2D eigenvalue weighted by atomic mass is 9.93. The van der Waals surface area contributed by atoms with Gasteiger partial charge in [-0.1, -0.05) is 6.42 Å². The van der Waals surface area contributed by atoms with Crippen molar-refractivity contribution >= 4 is 41.4 Å². The Morgan fingerprint density at radius 3 is 2.59 bits per heavy atom. The normalized spacial score (nSPS) is 27.5. The largest absolute Gasteiger partial charge is 0.481 e. The van der Waals surface area contributed by atoms with E-state index in [4.69, 9.17) is 0 Å². The number of carboxylic acids is 1. The van der Waals surface area contributed by atoms with Crippen molar-refractivity contribution in [3.05, 3.63) is 12.2 Å². The number of hydrogen-bond donors (Lipinski definition) is 3. The highest BCUT2D eigenvalue weighted by atomic mass is 32.2. The van der Waals surface area contributed by atoms with Crippen LogP contribution in [-0.4, -0.2) is 69.2 Å². The van der Waals surface area contributed by atoms with Crippen molar-refractivity contribution < 1.29 is 29.1 Å². The molecule has 0 aromatic heterocycles. The Kier molecular flexibility index (Phi) is 5.83. The van der Waals surface area contributed by atoms with Gasteiger partial charge in [-0.3, -0.25) is 24.1 Å². The van der Waals surface area contributed by atoms with Crippen LogP contribution in [0.1, 0.15) is 25.7 Å². The van der Waals surface area contributed by atoms with Crippen LogP contribution in [0, 0.1) is 5.92 Å². The summed E-state index contributed by atoms with van der Waals surface area (Å²) >= 11 is 1.73. The minimum Gasteiger partial charge on any atom is -0.481 e. The molecule has 146 valence electrons. The van der Waals surface area contributed by atoms with Gasteiger partial charge in [0.1, 0.15) is 11.7 Å². The van der Waals surface area contributed by atoms with Crippen LogP contribution in [0.25, 0.3) is 0 Å². The van der Waals surface area contributed by atoms with Crippen LogP contribution in [-0.2, 0) is 19.2 Å². The predicted molar refractivity (Wildman–Crippen MR) is 96.0 cm³/mol. The number of hydrogen-bond acceptors (Lipinski definition) is 6. The number of nitrogens with one attached hydrogen (secondary N) is 2. The smallest absolute Gasteiger partial charge is 0.315 e. The summed E-state index contributed by atoms with van der Waals surface area (Å²) in [6.45, 7) is -0.104. The average Bonchev–Trinajstić information content (AvgIpc) is 3.25. The third kappa shape index (κ3) is 4.32. The molecule has 3 N–H and O–H groups in total. The molecule has 3 heterocycles. The van der Waals surface area contributed by atoms with Crippen molar-refractivity contribution in [1.29, 1.82) is 0 Å². The van der Waals surface area contributed by atoms with Gasteiger partial charge in [-0.25, -0.2) is 4.79 Å². The third-order valence-corrected chi connectivity index (χ3v) is 6.60. The molecule has 1 unspecified atom stereocenters. The molecule has 2 saturated heterocycles. The van der Waals surface area contributed by atoms with Gasteiger partial charge in [-0.2, -0.15) is 11.8 Å². The molecule has 0 spiro atoms. The molecule has 0 saturated carbocycles. The molecule has 0 aromatic rings. The van der Waals surface area contributed by atoms with Crippen LogP contribution < -0.4 is 10.6 Å². The summed E-state index contributed by atoms with van der Waals surface area (Å²) in [6, 6.07) is -0.0240. The number of rotatable bonds is 9. The fourth-order valence-corrected chi connectivity index (χ4v) is 5.18. The maximum atomic E-state index is 12.3. The van der Waals surface area contributed by atoms with E-state index >= 15 is 0 Å². The van der Waals surface area contributed by atoms with Crippen molar-refractivity contribution in [1.82, 2.24) is 15.5 Å². The quantitative estimate of drug-likeness (QED) is 0.282. The second-order valence-corrected chi connectivity index (χ2v) is 8.09. The standard InChI is InChI=1S/C17H21N3O6S/c21-11(6-7-20-13(22)4-5-14(20)23)9(16(24)25)2-1-3-12-15-10(8-27-12)18-17(26)19-15/h4-5,9-10,12,15H,1-3,6-8H2,(H,24,25)(H2,18,19,26)/t9?,10-,12-,15-/m0/s1. The van der Waals surface area contributed by atoms with E-state index in [1.54, 1.807) is 11.8 Å². The summed E-state index contributed by atoms with van der Waals surface area (Å²) in [4.78, 5) is 59.0. The van der Waals surface area contributed by atoms with E-state index < -0.39 is 29.5 Å². The summed E-state index contributed by atoms with van der Waals surface area (Å²) in [5, 5.41) is 15.3. The molecular formula is C17H21N3O6S. The number of carboxylic acid groups (broad SMARTS) is 1. The Bertz CT molecular complexity index is 691. The minimum atomic E-state index is -1.19. The molecule has 2 fully saturated rings. The van der Waals surface area contributed by atoms with Gasteiger partial charge in [0.25, 0.3) is 11.8 Å². The first-order chi connectivity index (χ1) is 12.9. The van der Waals surface area contributed by atoms with Crippen molar-refractivity contribution in [3.63, 3.8) is 0 Å². The molecule has 10 heteroatoms. The number of imide groups is 1. The van der Waals surface area contributed by atoms with Crippen molar-refractivity contribution in [3.8, 4) is 0 Å². The fraction of sp³-hybridized carbons (Fsp3) is 0.588. The zero-order valence-corrected chi connectivity index (χ0v) is 15.4. The second-order valence-electron chi connectivity index (χ2n) is 6.82. The van der Waals surface area contributed by atoms with E-state index in [0.717, 1.165) is 22.8 Å². The number of carbonyl (C=O) groups excluding carboxylic acids is 4. The highest BCUT2D eigenvalue weighted by molar-refractivity contribution is 8.00. The van der Waals surface area contributed by atoms with E-state index in [9.17, 15) is 29.1 Å². The van der Waals surface area contributed by atoms with Gasteiger partial charge in [0.2, 0.25) is 0 Å². The lowest BCUT2D eigenvalue weighted by Gasteiger charge is -2.18. The number of thioether (sulfide) groups is 1. The Balaban J connectivity index is 1.45. The molecule has 0 radical (unpaired) electrons. The predicted octanol–water partition coefficient (Wildman–Crippen LogP) is -0.0929. The van der Waals surface area contributed by atoms with Gasteiger partial charge in [0.05, 0.1) is 12.1 Å². The van der Waals surface area contributed by atoms with Crippen LogP contribution in [0.15, 0.2) is 12.2 Å². The van der Waals surface area contributed by atoms with E-state index in [2.05, 4.69) is 10.6 Å². The van der Waals surface area contributed by atoms with Gasteiger partial charge in [-0.15, -0.1) is 0 Å². The van der Waals surface area contributed by atoms with E-state index in [0.29, 0.717) is 12.8 Å². The van der Waals surface area contributed by atoms with Gasteiger partial charge < -0.3 is 15.7 Å². The van der Waals surface area contributed by atoms with Gasteiger partial charge in [-0.05, 0) is 12.8 Å². The monoisotopic (exact) mass is 395 g/mol. The van der Waals surface area contributed by atoms with Crippen molar-refractivity contribution in [2.24, 2.45) is 5.92 Å². The number of nitrogens with zero attached hydrogens (tertiary/aromatic N) is 1. The van der Waals surface area contributed by atoms with E-state index in [-0.39, 0.29) is 42.8 Å². The summed E-state index contributed by atoms with van der Waals surface area (Å²) in [5.41, 5.74) is 0. The molecule has 4 atom stereocenters. The van der Waals surface area contributed by atoms with Crippen LogP contribution in [0.4, 0.5) is 4.79 Å². The molecule has 0 aromatic carbocycles. The average molecular weight is 395 g/mol. The summed E-state index contributed by atoms with van der Waals surface area (Å²) < 4.78 is 0. The molecule has 9 nitrogen and oxygen atoms in total. The minimum absolute atomic E-state index is 0.0428. The molecular weight excluding hydrogens is 374 g/mol. The SMILES string of the molecule is O=C1N[C@H]2[C@H](CS[C@H]2CCCC(C(=O)O)C(=O)CCN2C(=O)C=CC2=O)N1. The molecule has 3 rings (SSSR count). The van der Waals surface area contributed by atoms with Crippen LogP contribution in [0.2, 0.25) is 0 Å². The fourth-order valence-electron chi connectivity index (χ4n) is 3.64. The Morgan fingerprint density at radius 2 is 1.93 bits per heavy atom. The van der Waals surface area contributed by atoms with Crippen LogP contribution in [0.5, 0.6) is 0 Å². The molecule has 3 aliphatic heterocycles. The lowest BCUT2D eigenvalue weighted by molar-refractivity contribution is -0.146.